The van der Waals surface area contributed by atoms with E-state index in [1.807, 2.05) is 0 Å². The number of fused-ring (bicyclic) bond motifs is 6. The number of para-hydroxylation sites is 2. The molecule has 0 saturated carbocycles. The van der Waals surface area contributed by atoms with E-state index in [2.05, 4.69) is 195 Å². The zero-order chi connectivity index (χ0) is 33.9. The number of nitrogens with zero attached hydrogens (tertiary/aromatic N) is 2. The fourth-order valence-corrected chi connectivity index (χ4v) is 7.55. The number of hydrogen-bond donors (Lipinski definition) is 0. The molecule has 0 fully saturated rings. The van der Waals surface area contributed by atoms with Gasteiger partial charge in [0.05, 0.1) is 0 Å². The highest BCUT2D eigenvalue weighted by Crippen LogP contribution is 2.51. The summed E-state index contributed by atoms with van der Waals surface area (Å²) >= 11 is 0. The lowest BCUT2D eigenvalue weighted by Gasteiger charge is -2.29. The Morgan fingerprint density at radius 3 is 1.02 bits per heavy atom. The Morgan fingerprint density at radius 2 is 0.640 bits per heavy atom. The molecule has 240 valence electrons. The molecule has 8 aromatic rings. The number of rotatable bonds is 6. The predicted octanol–water partition coefficient (Wildman–Crippen LogP) is 13.8. The molecule has 0 heterocycles. The molecule has 2 nitrogen and oxygen atoms in total. The van der Waals surface area contributed by atoms with Crippen LogP contribution in [-0.4, -0.2) is 0 Å². The summed E-state index contributed by atoms with van der Waals surface area (Å²) in [5, 5.41) is 5.01. The topological polar surface area (TPSA) is 6.48 Å². The standard InChI is InChI=1S/C48H38N2/c1-31-13-19-39(20-14-31)49(47-11-7-5-9-33(47)3)41-23-17-35-27-43-44-28-36-18-24-42(26-38(36)30-46(44)45(43)29-37(35)25-41)50(40-21-15-32(2)16-22-40)48-12-8-6-10-34(48)4/h5-30H,1-4H3. The van der Waals surface area contributed by atoms with E-state index >= 15 is 0 Å². The summed E-state index contributed by atoms with van der Waals surface area (Å²) in [6, 6.07) is 58.2. The first kappa shape index (κ1) is 30.0. The summed E-state index contributed by atoms with van der Waals surface area (Å²) < 4.78 is 0. The van der Waals surface area contributed by atoms with Crippen molar-refractivity contribution in [3.8, 4) is 22.3 Å². The smallest absolute Gasteiger partial charge is 0.0490 e. The number of benzene rings is 8. The van der Waals surface area contributed by atoms with E-state index < -0.39 is 0 Å². The molecule has 8 aromatic carbocycles. The van der Waals surface area contributed by atoms with Crippen LogP contribution in [0.15, 0.2) is 158 Å². The van der Waals surface area contributed by atoms with Crippen molar-refractivity contribution in [3.63, 3.8) is 0 Å². The molecule has 0 aliphatic heterocycles. The third-order valence-corrected chi connectivity index (χ3v) is 10.3. The molecule has 0 N–H and O–H groups in total. The fraction of sp³-hybridized carbons (Fsp3) is 0.0833. The van der Waals surface area contributed by atoms with Crippen molar-refractivity contribution in [1.29, 1.82) is 0 Å². The van der Waals surface area contributed by atoms with E-state index in [-0.39, 0.29) is 0 Å². The lowest BCUT2D eigenvalue weighted by Crippen LogP contribution is -2.11. The van der Waals surface area contributed by atoms with Gasteiger partial charge in [-0.3, -0.25) is 0 Å². The number of aryl methyl sites for hydroxylation is 4. The molecule has 0 amide bonds. The van der Waals surface area contributed by atoms with Gasteiger partial charge >= 0.3 is 0 Å². The molecule has 50 heavy (non-hydrogen) atoms. The van der Waals surface area contributed by atoms with E-state index in [9.17, 15) is 0 Å². The minimum absolute atomic E-state index is 1.16. The van der Waals surface area contributed by atoms with E-state index in [1.165, 1.54) is 77.4 Å². The maximum atomic E-state index is 2.39. The second-order valence-electron chi connectivity index (χ2n) is 13.8. The molecule has 9 rings (SSSR count). The van der Waals surface area contributed by atoms with Gasteiger partial charge in [-0.1, -0.05) is 83.9 Å². The average molecular weight is 643 g/mol. The van der Waals surface area contributed by atoms with E-state index in [0.29, 0.717) is 0 Å². The van der Waals surface area contributed by atoms with Crippen molar-refractivity contribution in [2.24, 2.45) is 0 Å². The van der Waals surface area contributed by atoms with Gasteiger partial charge < -0.3 is 9.80 Å². The highest BCUT2D eigenvalue weighted by atomic mass is 15.1. The normalized spacial score (nSPS) is 11.6. The van der Waals surface area contributed by atoms with Crippen molar-refractivity contribution >= 4 is 55.7 Å². The lowest BCUT2D eigenvalue weighted by molar-refractivity contribution is 1.25. The first-order chi connectivity index (χ1) is 24.4. The second kappa shape index (κ2) is 11.8. The SMILES string of the molecule is Cc1ccc(N(c2ccc3cc4c(cc3c2)-c2cc3cc(N(c5ccc(C)cc5)c5ccccc5C)ccc3cc2-4)c2ccccc2C)cc1. The van der Waals surface area contributed by atoms with Gasteiger partial charge in [0, 0.05) is 34.1 Å². The van der Waals surface area contributed by atoms with E-state index in [1.54, 1.807) is 0 Å². The van der Waals surface area contributed by atoms with Crippen LogP contribution in [0, 0.1) is 27.7 Å². The highest BCUT2D eigenvalue weighted by molar-refractivity contribution is 6.12. The molecule has 0 radical (unpaired) electrons. The molecule has 0 atom stereocenters. The molecule has 1 aliphatic carbocycles. The molecular weight excluding hydrogens is 605 g/mol. The molecule has 0 bridgehead atoms. The van der Waals surface area contributed by atoms with Gasteiger partial charge in [0.2, 0.25) is 0 Å². The van der Waals surface area contributed by atoms with E-state index in [0.717, 1.165) is 22.7 Å². The van der Waals surface area contributed by atoms with Crippen molar-refractivity contribution < 1.29 is 0 Å². The van der Waals surface area contributed by atoms with Crippen LogP contribution < -0.4 is 9.80 Å². The Hall–Kier alpha value is -6.12. The van der Waals surface area contributed by atoms with Crippen LogP contribution in [0.4, 0.5) is 34.1 Å². The van der Waals surface area contributed by atoms with Crippen molar-refractivity contribution in [2.75, 3.05) is 9.80 Å². The Morgan fingerprint density at radius 1 is 0.300 bits per heavy atom. The van der Waals surface area contributed by atoms with Gasteiger partial charge in [-0.15, -0.1) is 0 Å². The predicted molar refractivity (Wildman–Crippen MR) is 214 cm³/mol. The largest absolute Gasteiger partial charge is 0.310 e. The van der Waals surface area contributed by atoms with E-state index in [4.69, 9.17) is 0 Å². The van der Waals surface area contributed by atoms with Gasteiger partial charge in [0.15, 0.2) is 0 Å². The van der Waals surface area contributed by atoms with Crippen LogP contribution in [0.5, 0.6) is 0 Å². The molecular formula is C48H38N2. The molecule has 0 unspecified atom stereocenters. The Labute approximate surface area is 294 Å². The van der Waals surface area contributed by atoms with Crippen LogP contribution in [0.3, 0.4) is 0 Å². The first-order valence-electron chi connectivity index (χ1n) is 17.4. The van der Waals surface area contributed by atoms with Gasteiger partial charge in [-0.2, -0.15) is 0 Å². The van der Waals surface area contributed by atoms with Crippen molar-refractivity contribution in [3.05, 3.63) is 180 Å². The summed E-state index contributed by atoms with van der Waals surface area (Å²) in [5.74, 6) is 0. The summed E-state index contributed by atoms with van der Waals surface area (Å²) in [7, 11) is 0. The minimum Gasteiger partial charge on any atom is -0.310 e. The second-order valence-corrected chi connectivity index (χ2v) is 13.8. The Kier molecular flexibility index (Phi) is 7.07. The van der Waals surface area contributed by atoms with Crippen LogP contribution >= 0.6 is 0 Å². The fourth-order valence-electron chi connectivity index (χ4n) is 7.55. The van der Waals surface area contributed by atoms with Gasteiger partial charge in [-0.05, 0) is 168 Å². The summed E-state index contributed by atoms with van der Waals surface area (Å²) in [4.78, 5) is 4.76. The molecule has 0 spiro atoms. The molecule has 0 saturated heterocycles. The van der Waals surface area contributed by atoms with Gasteiger partial charge in [0.25, 0.3) is 0 Å². The maximum Gasteiger partial charge on any atom is 0.0490 e. The summed E-state index contributed by atoms with van der Waals surface area (Å²) in [5.41, 5.74) is 17.3. The zero-order valence-electron chi connectivity index (χ0n) is 28.9. The number of hydrogen-bond acceptors (Lipinski definition) is 2. The highest BCUT2D eigenvalue weighted by Gasteiger charge is 2.25. The first-order valence-corrected chi connectivity index (χ1v) is 17.4. The summed E-state index contributed by atoms with van der Waals surface area (Å²) in [6.07, 6.45) is 0. The third kappa shape index (κ3) is 5.04. The molecule has 2 heteroatoms. The monoisotopic (exact) mass is 642 g/mol. The number of anilines is 6. The van der Waals surface area contributed by atoms with Gasteiger partial charge in [-0.25, -0.2) is 0 Å². The van der Waals surface area contributed by atoms with Crippen LogP contribution in [0.25, 0.3) is 43.8 Å². The van der Waals surface area contributed by atoms with Crippen molar-refractivity contribution in [1.82, 2.24) is 0 Å². The summed E-state index contributed by atoms with van der Waals surface area (Å²) in [6.45, 7) is 8.66. The van der Waals surface area contributed by atoms with Crippen LogP contribution in [0.1, 0.15) is 22.3 Å². The molecule has 1 aliphatic rings. The van der Waals surface area contributed by atoms with Crippen molar-refractivity contribution in [2.45, 2.75) is 27.7 Å². The Balaban J connectivity index is 1.14. The lowest BCUT2D eigenvalue weighted by atomic mass is 9.78. The average Bonchev–Trinajstić information content (AvgIpc) is 3.13. The van der Waals surface area contributed by atoms with Gasteiger partial charge in [0.1, 0.15) is 0 Å². The minimum atomic E-state index is 1.16. The molecule has 0 aromatic heterocycles. The zero-order valence-corrected chi connectivity index (χ0v) is 28.9. The van der Waals surface area contributed by atoms with Crippen LogP contribution in [-0.2, 0) is 0 Å². The maximum absolute atomic E-state index is 2.39. The van der Waals surface area contributed by atoms with Crippen LogP contribution in [0.2, 0.25) is 0 Å². The Bertz CT molecular complexity index is 2400. The third-order valence-electron chi connectivity index (χ3n) is 10.3. The quantitative estimate of drug-likeness (QED) is 0.178.